The second-order valence-corrected chi connectivity index (χ2v) is 8.76. The van der Waals surface area contributed by atoms with Crippen molar-refractivity contribution >= 4 is 53.2 Å². The number of sulfonamides is 1. The van der Waals surface area contributed by atoms with Gasteiger partial charge < -0.3 is 5.32 Å². The smallest absolute Gasteiger partial charge is 0.242 e. The zero-order valence-corrected chi connectivity index (χ0v) is 16.0. The molecule has 0 spiro atoms. The highest BCUT2D eigenvalue weighted by atomic mass is 79.9. The van der Waals surface area contributed by atoms with Crippen molar-refractivity contribution in [1.29, 1.82) is 0 Å². The second-order valence-electron chi connectivity index (χ2n) is 4.31. The minimum Gasteiger partial charge on any atom is -0.316 e. The molecule has 0 aliphatic heterocycles. The fraction of sp³-hybridized carbons (Fsp3) is 0.231. The number of rotatable bonds is 6. The van der Waals surface area contributed by atoms with Gasteiger partial charge in [-0.15, -0.1) is 11.3 Å². The van der Waals surface area contributed by atoms with Crippen LogP contribution in [0.4, 0.5) is 0 Å². The van der Waals surface area contributed by atoms with E-state index in [1.165, 1.54) is 11.3 Å². The van der Waals surface area contributed by atoms with Gasteiger partial charge in [0.25, 0.3) is 0 Å². The topological polar surface area (TPSA) is 58.2 Å². The van der Waals surface area contributed by atoms with Crippen LogP contribution >= 0.6 is 43.2 Å². The summed E-state index contributed by atoms with van der Waals surface area (Å²) in [5, 5.41) is 4.94. The van der Waals surface area contributed by atoms with Crippen LogP contribution in [0.15, 0.2) is 43.5 Å². The molecule has 21 heavy (non-hydrogen) atoms. The Morgan fingerprint density at radius 2 is 1.90 bits per heavy atom. The zero-order valence-electron chi connectivity index (χ0n) is 11.2. The first kappa shape index (κ1) is 17.1. The molecule has 0 atom stereocenters. The highest BCUT2D eigenvalue weighted by molar-refractivity contribution is 9.10. The van der Waals surface area contributed by atoms with Crippen molar-refractivity contribution in [2.75, 3.05) is 7.05 Å². The molecule has 0 unspecified atom stereocenters. The van der Waals surface area contributed by atoms with Crippen molar-refractivity contribution in [2.45, 2.75) is 18.0 Å². The van der Waals surface area contributed by atoms with E-state index in [2.05, 4.69) is 41.9 Å². The first-order valence-corrected chi connectivity index (χ1v) is 10.0. The molecule has 0 aliphatic carbocycles. The monoisotopic (exact) mass is 452 g/mol. The van der Waals surface area contributed by atoms with Gasteiger partial charge in [0.2, 0.25) is 10.0 Å². The highest BCUT2D eigenvalue weighted by Crippen LogP contribution is 2.25. The highest BCUT2D eigenvalue weighted by Gasteiger charge is 2.18. The third-order valence-electron chi connectivity index (χ3n) is 2.78. The van der Waals surface area contributed by atoms with Crippen LogP contribution < -0.4 is 10.0 Å². The lowest BCUT2D eigenvalue weighted by Crippen LogP contribution is -2.23. The minimum absolute atomic E-state index is 0.245. The van der Waals surface area contributed by atoms with Crippen LogP contribution in [0.2, 0.25) is 0 Å². The minimum atomic E-state index is -3.55. The lowest BCUT2D eigenvalue weighted by molar-refractivity contribution is 0.581. The molecular formula is C13H14Br2N2O2S2. The van der Waals surface area contributed by atoms with Crippen LogP contribution in [0.5, 0.6) is 0 Å². The SMILES string of the molecule is CNCc1ccc(S(=O)(=O)NCc2sccc2Br)c(Br)c1. The van der Waals surface area contributed by atoms with Gasteiger partial charge in [0.1, 0.15) is 0 Å². The molecule has 4 nitrogen and oxygen atoms in total. The van der Waals surface area contributed by atoms with Gasteiger partial charge in [-0.1, -0.05) is 6.07 Å². The van der Waals surface area contributed by atoms with Crippen molar-refractivity contribution < 1.29 is 8.42 Å². The fourth-order valence-corrected chi connectivity index (χ4v) is 5.41. The largest absolute Gasteiger partial charge is 0.316 e. The van der Waals surface area contributed by atoms with E-state index < -0.39 is 10.0 Å². The maximum Gasteiger partial charge on any atom is 0.242 e. The van der Waals surface area contributed by atoms with Crippen LogP contribution in [0.25, 0.3) is 0 Å². The first-order chi connectivity index (χ1) is 9.94. The predicted octanol–water partition coefficient (Wildman–Crippen LogP) is 3.47. The Kier molecular flexibility index (Phi) is 5.98. The van der Waals surface area contributed by atoms with Crippen molar-refractivity contribution in [3.05, 3.63) is 49.0 Å². The molecule has 114 valence electrons. The number of benzene rings is 1. The Morgan fingerprint density at radius 1 is 1.14 bits per heavy atom. The van der Waals surface area contributed by atoms with Crippen LogP contribution in [-0.2, 0) is 23.1 Å². The van der Waals surface area contributed by atoms with E-state index in [9.17, 15) is 8.42 Å². The Morgan fingerprint density at radius 3 is 2.48 bits per heavy atom. The number of halogens is 2. The van der Waals surface area contributed by atoms with Crippen molar-refractivity contribution in [3.63, 3.8) is 0 Å². The molecule has 0 bridgehead atoms. The summed E-state index contributed by atoms with van der Waals surface area (Å²) >= 11 is 8.23. The number of thiophene rings is 1. The number of hydrogen-bond donors (Lipinski definition) is 2. The molecule has 0 aliphatic rings. The number of nitrogens with one attached hydrogen (secondary N) is 2. The van der Waals surface area contributed by atoms with E-state index in [4.69, 9.17) is 0 Å². The average Bonchev–Trinajstić information content (AvgIpc) is 2.82. The predicted molar refractivity (Wildman–Crippen MR) is 93.0 cm³/mol. The van der Waals surface area contributed by atoms with Gasteiger partial charge >= 0.3 is 0 Å². The summed E-state index contributed by atoms with van der Waals surface area (Å²) in [6, 6.07) is 7.13. The molecule has 0 fully saturated rings. The normalized spacial score (nSPS) is 11.8. The van der Waals surface area contributed by atoms with Gasteiger partial charge in [0.05, 0.1) is 4.90 Å². The fourth-order valence-electron chi connectivity index (χ4n) is 1.77. The average molecular weight is 454 g/mol. The molecule has 2 aromatic rings. The Hall–Kier alpha value is -0.250. The Bertz CT molecular complexity index is 730. The van der Waals surface area contributed by atoms with Gasteiger partial charge in [-0.2, -0.15) is 0 Å². The maximum absolute atomic E-state index is 12.4. The van der Waals surface area contributed by atoms with Gasteiger partial charge in [-0.25, -0.2) is 13.1 Å². The summed E-state index contributed by atoms with van der Waals surface area (Å²) < 4.78 is 28.8. The van der Waals surface area contributed by atoms with Gasteiger partial charge in [0, 0.05) is 26.9 Å². The van der Waals surface area contributed by atoms with Crippen molar-refractivity contribution in [1.82, 2.24) is 10.0 Å². The maximum atomic E-state index is 12.4. The first-order valence-electron chi connectivity index (χ1n) is 6.08. The van der Waals surface area contributed by atoms with Crippen LogP contribution in [0.1, 0.15) is 10.4 Å². The van der Waals surface area contributed by atoms with Gasteiger partial charge in [-0.05, 0) is 68.1 Å². The van der Waals surface area contributed by atoms with E-state index in [0.717, 1.165) is 14.9 Å². The zero-order chi connectivity index (χ0) is 15.5. The van der Waals surface area contributed by atoms with Crippen molar-refractivity contribution in [3.8, 4) is 0 Å². The summed E-state index contributed by atoms with van der Waals surface area (Å²) in [5.74, 6) is 0. The molecular weight excluding hydrogens is 440 g/mol. The molecule has 0 saturated carbocycles. The summed E-state index contributed by atoms with van der Waals surface area (Å²) in [7, 11) is -1.70. The molecule has 0 saturated heterocycles. The molecule has 8 heteroatoms. The van der Waals surface area contributed by atoms with E-state index in [1.54, 1.807) is 12.1 Å². The van der Waals surface area contributed by atoms with Crippen molar-refractivity contribution in [2.24, 2.45) is 0 Å². The van der Waals surface area contributed by atoms with E-state index in [0.29, 0.717) is 11.0 Å². The van der Waals surface area contributed by atoms with E-state index >= 15 is 0 Å². The summed E-state index contributed by atoms with van der Waals surface area (Å²) in [6.45, 7) is 0.958. The van der Waals surface area contributed by atoms with E-state index in [1.807, 2.05) is 24.6 Å². The molecule has 0 radical (unpaired) electrons. The summed E-state index contributed by atoms with van der Waals surface area (Å²) in [5.41, 5.74) is 1.02. The third-order valence-corrected chi connectivity index (χ3v) is 7.08. The Balaban J connectivity index is 2.17. The quantitative estimate of drug-likeness (QED) is 0.703. The Labute approximate surface area is 145 Å². The standard InChI is InChI=1S/C13H14Br2N2O2S2/c1-16-7-9-2-3-13(11(15)6-9)21(18,19)17-8-12-10(14)4-5-20-12/h2-6,16-17H,7-8H2,1H3. The van der Waals surface area contributed by atoms with Crippen LogP contribution in [-0.4, -0.2) is 15.5 Å². The summed E-state index contributed by atoms with van der Waals surface area (Å²) in [6.07, 6.45) is 0. The molecule has 2 rings (SSSR count). The molecule has 1 aromatic carbocycles. The molecule has 2 N–H and O–H groups in total. The molecule has 0 amide bonds. The lowest BCUT2D eigenvalue weighted by Gasteiger charge is -2.09. The summed E-state index contributed by atoms with van der Waals surface area (Å²) in [4.78, 5) is 1.19. The molecule has 1 heterocycles. The second kappa shape index (κ2) is 7.34. The number of hydrogen-bond acceptors (Lipinski definition) is 4. The van der Waals surface area contributed by atoms with Gasteiger partial charge in [0.15, 0.2) is 0 Å². The van der Waals surface area contributed by atoms with E-state index in [-0.39, 0.29) is 11.4 Å². The van der Waals surface area contributed by atoms with Gasteiger partial charge in [-0.3, -0.25) is 0 Å². The molecule has 1 aromatic heterocycles. The van der Waals surface area contributed by atoms with Crippen LogP contribution in [0.3, 0.4) is 0 Å². The third kappa shape index (κ3) is 4.37. The lowest BCUT2D eigenvalue weighted by atomic mass is 10.2. The van der Waals surface area contributed by atoms with Crippen LogP contribution in [0, 0.1) is 0 Å².